The average molecular weight is 332 g/mol. The smallest absolute Gasteiger partial charge is 0.321 e. The fraction of sp³-hybridized carbons (Fsp3) is 0.273. The molecule has 0 saturated heterocycles. The van der Waals surface area contributed by atoms with Crippen LogP contribution in [0.15, 0.2) is 29.2 Å². The first-order chi connectivity index (χ1) is 10.1. The number of hydrogen-bond acceptors (Lipinski definition) is 6. The molecule has 0 aromatic heterocycles. The van der Waals surface area contributed by atoms with Crippen LogP contribution in [-0.4, -0.2) is 41.5 Å². The summed E-state index contributed by atoms with van der Waals surface area (Å²) in [6.07, 6.45) is -1.07. The maximum absolute atomic E-state index is 12.1. The Kier molecular flexibility index (Phi) is 5.54. The first-order valence-electron chi connectivity index (χ1n) is 5.85. The Morgan fingerprint density at radius 1 is 1.27 bits per heavy atom. The lowest BCUT2D eigenvalue weighted by Crippen LogP contribution is -2.41. The zero-order chi connectivity index (χ0) is 16.9. The predicted octanol–water partition coefficient (Wildman–Crippen LogP) is 0.191. The predicted molar refractivity (Wildman–Crippen MR) is 71.7 cm³/mol. The Balaban J connectivity index is 3.10. The number of rotatable bonds is 8. The van der Waals surface area contributed by atoms with Crippen molar-refractivity contribution >= 4 is 27.6 Å². The molecule has 1 aromatic rings. The van der Waals surface area contributed by atoms with Crippen molar-refractivity contribution in [3.05, 3.63) is 34.4 Å². The van der Waals surface area contributed by atoms with E-state index in [-0.39, 0.29) is 0 Å². The van der Waals surface area contributed by atoms with Crippen molar-refractivity contribution < 1.29 is 33.1 Å². The van der Waals surface area contributed by atoms with E-state index in [0.29, 0.717) is 0 Å². The molecule has 0 fully saturated rings. The number of benzene rings is 1. The van der Waals surface area contributed by atoms with Crippen LogP contribution in [0, 0.1) is 10.1 Å². The topological polar surface area (TPSA) is 164 Å². The van der Waals surface area contributed by atoms with Gasteiger partial charge in [0.05, 0.1) is 4.92 Å². The third-order valence-corrected chi connectivity index (χ3v) is 4.11. The van der Waals surface area contributed by atoms with Crippen molar-refractivity contribution in [1.29, 1.82) is 0 Å². The molecule has 1 atom stereocenters. The number of sulfonamides is 1. The van der Waals surface area contributed by atoms with Crippen LogP contribution in [0.2, 0.25) is 0 Å². The minimum absolute atomic E-state index is 0.496. The Labute approximate surface area is 124 Å². The standard InChI is InChI=1S/C11H12N2O8S/c14-10(15)6-5-7(11(16)17)12-22(20,21)9-4-2-1-3-8(9)13(18)19/h1-4,7,12H,5-6H2,(H,14,15)(H,16,17)/t7-/m0/s1. The van der Waals surface area contributed by atoms with Gasteiger partial charge in [0.1, 0.15) is 6.04 Å². The van der Waals surface area contributed by atoms with Gasteiger partial charge in [-0.25, -0.2) is 8.42 Å². The zero-order valence-electron chi connectivity index (χ0n) is 11.0. The van der Waals surface area contributed by atoms with Crippen LogP contribution in [0.5, 0.6) is 0 Å². The molecule has 0 bridgehead atoms. The summed E-state index contributed by atoms with van der Waals surface area (Å²) in [5.74, 6) is -2.88. The molecule has 0 radical (unpaired) electrons. The highest BCUT2D eigenvalue weighted by molar-refractivity contribution is 7.89. The SMILES string of the molecule is O=C(O)CC[C@H](NS(=O)(=O)c1ccccc1[N+](=O)[O-])C(=O)O. The molecule has 1 aromatic carbocycles. The van der Waals surface area contributed by atoms with Crippen LogP contribution in [0.3, 0.4) is 0 Å². The molecule has 120 valence electrons. The molecule has 0 saturated carbocycles. The number of nitrogens with zero attached hydrogens (tertiary/aromatic N) is 1. The van der Waals surface area contributed by atoms with Crippen LogP contribution in [0.1, 0.15) is 12.8 Å². The Morgan fingerprint density at radius 3 is 2.36 bits per heavy atom. The number of nitro benzene ring substituents is 1. The Hall–Kier alpha value is -2.53. The summed E-state index contributed by atoms with van der Waals surface area (Å²) in [4.78, 5) is 30.6. The fourth-order valence-electron chi connectivity index (χ4n) is 1.59. The fourth-order valence-corrected chi connectivity index (χ4v) is 2.98. The molecule has 1 rings (SSSR count). The molecule has 0 spiro atoms. The summed E-state index contributed by atoms with van der Waals surface area (Å²) in [7, 11) is -4.49. The van der Waals surface area contributed by atoms with Gasteiger partial charge in [0, 0.05) is 12.5 Å². The minimum atomic E-state index is -4.49. The van der Waals surface area contributed by atoms with Crippen LogP contribution >= 0.6 is 0 Å². The van der Waals surface area contributed by atoms with E-state index >= 15 is 0 Å². The van der Waals surface area contributed by atoms with Crippen molar-refractivity contribution in [2.24, 2.45) is 0 Å². The number of hydrogen-bond donors (Lipinski definition) is 3. The van der Waals surface area contributed by atoms with Gasteiger partial charge in [-0.15, -0.1) is 0 Å². The van der Waals surface area contributed by atoms with Crippen molar-refractivity contribution in [1.82, 2.24) is 4.72 Å². The van der Waals surface area contributed by atoms with Gasteiger partial charge in [0.25, 0.3) is 5.69 Å². The van der Waals surface area contributed by atoms with E-state index in [0.717, 1.165) is 12.1 Å². The largest absolute Gasteiger partial charge is 0.481 e. The quantitative estimate of drug-likeness (QED) is 0.448. The summed E-state index contributed by atoms with van der Waals surface area (Å²) in [6, 6.07) is 2.71. The van der Waals surface area contributed by atoms with Crippen molar-refractivity contribution in [2.45, 2.75) is 23.8 Å². The maximum atomic E-state index is 12.1. The Bertz CT molecular complexity index is 700. The number of aliphatic carboxylic acids is 2. The van der Waals surface area contributed by atoms with E-state index in [4.69, 9.17) is 10.2 Å². The lowest BCUT2D eigenvalue weighted by Gasteiger charge is -2.13. The number of nitro groups is 1. The highest BCUT2D eigenvalue weighted by atomic mass is 32.2. The summed E-state index contributed by atoms with van der Waals surface area (Å²) < 4.78 is 25.9. The molecule has 0 aliphatic heterocycles. The van der Waals surface area contributed by atoms with Crippen molar-refractivity contribution in [2.75, 3.05) is 0 Å². The molecular formula is C11H12N2O8S. The first-order valence-corrected chi connectivity index (χ1v) is 7.34. The molecule has 11 heteroatoms. The third-order valence-electron chi connectivity index (χ3n) is 2.59. The minimum Gasteiger partial charge on any atom is -0.481 e. The molecule has 0 aliphatic carbocycles. The molecule has 0 aliphatic rings. The van der Waals surface area contributed by atoms with Gasteiger partial charge >= 0.3 is 11.9 Å². The van der Waals surface area contributed by atoms with E-state index in [1.54, 1.807) is 4.72 Å². The molecule has 3 N–H and O–H groups in total. The molecule has 0 unspecified atom stereocenters. The second-order valence-electron chi connectivity index (χ2n) is 4.17. The van der Waals surface area contributed by atoms with E-state index in [2.05, 4.69) is 0 Å². The Morgan fingerprint density at radius 2 is 1.86 bits per heavy atom. The molecule has 0 amide bonds. The normalized spacial score (nSPS) is 12.5. The first kappa shape index (κ1) is 17.5. The van der Waals surface area contributed by atoms with Crippen LogP contribution in [0.25, 0.3) is 0 Å². The lowest BCUT2D eigenvalue weighted by molar-refractivity contribution is -0.387. The second kappa shape index (κ2) is 6.95. The molecule has 10 nitrogen and oxygen atoms in total. The van der Waals surface area contributed by atoms with E-state index in [9.17, 15) is 28.1 Å². The van der Waals surface area contributed by atoms with Gasteiger partial charge in [0.2, 0.25) is 10.0 Å². The summed E-state index contributed by atoms with van der Waals surface area (Å²) in [5.41, 5.74) is -0.711. The zero-order valence-corrected chi connectivity index (χ0v) is 11.8. The number of nitrogens with one attached hydrogen (secondary N) is 1. The van der Waals surface area contributed by atoms with E-state index in [1.807, 2.05) is 0 Å². The summed E-state index contributed by atoms with van der Waals surface area (Å²) >= 11 is 0. The monoisotopic (exact) mass is 332 g/mol. The average Bonchev–Trinajstić information content (AvgIpc) is 2.42. The lowest BCUT2D eigenvalue weighted by atomic mass is 10.2. The summed E-state index contributed by atoms with van der Waals surface area (Å²) in [5, 5.41) is 28.3. The number of carboxylic acids is 2. The molecular weight excluding hydrogens is 320 g/mol. The third kappa shape index (κ3) is 4.49. The number of para-hydroxylation sites is 1. The highest BCUT2D eigenvalue weighted by Crippen LogP contribution is 2.23. The number of carbonyl (C=O) groups is 2. The van der Waals surface area contributed by atoms with Crippen molar-refractivity contribution in [3.8, 4) is 0 Å². The highest BCUT2D eigenvalue weighted by Gasteiger charge is 2.30. The summed E-state index contributed by atoms with van der Waals surface area (Å²) in [6.45, 7) is 0. The van der Waals surface area contributed by atoms with E-state index < -0.39 is 56.4 Å². The second-order valence-corrected chi connectivity index (χ2v) is 5.85. The maximum Gasteiger partial charge on any atom is 0.321 e. The van der Waals surface area contributed by atoms with Gasteiger partial charge in [0.15, 0.2) is 4.90 Å². The van der Waals surface area contributed by atoms with Gasteiger partial charge in [-0.3, -0.25) is 19.7 Å². The van der Waals surface area contributed by atoms with E-state index in [1.165, 1.54) is 12.1 Å². The van der Waals surface area contributed by atoms with Gasteiger partial charge in [-0.1, -0.05) is 12.1 Å². The molecule has 22 heavy (non-hydrogen) atoms. The molecule has 0 heterocycles. The van der Waals surface area contributed by atoms with Gasteiger partial charge in [-0.05, 0) is 12.5 Å². The number of carboxylic acid groups (broad SMARTS) is 2. The van der Waals surface area contributed by atoms with Crippen molar-refractivity contribution in [3.63, 3.8) is 0 Å². The van der Waals surface area contributed by atoms with Crippen LogP contribution in [-0.2, 0) is 19.6 Å². The van der Waals surface area contributed by atoms with Crippen LogP contribution in [0.4, 0.5) is 5.69 Å². The van der Waals surface area contributed by atoms with Gasteiger partial charge < -0.3 is 10.2 Å². The van der Waals surface area contributed by atoms with Crippen LogP contribution < -0.4 is 4.72 Å². The van der Waals surface area contributed by atoms with Gasteiger partial charge in [-0.2, -0.15) is 4.72 Å².